The molecule has 1 amide bonds. The van der Waals surface area contributed by atoms with Crippen LogP contribution in [0.5, 0.6) is 0 Å². The topological polar surface area (TPSA) is 59.0 Å². The Morgan fingerprint density at radius 1 is 1.45 bits per heavy atom. The van der Waals surface area contributed by atoms with Crippen LogP contribution in [0.3, 0.4) is 0 Å². The Morgan fingerprint density at radius 2 is 2.20 bits per heavy atom. The van der Waals surface area contributed by atoms with Gasteiger partial charge in [-0.1, -0.05) is 0 Å². The Hall–Kier alpha value is -2.37. The molecule has 1 aromatic carbocycles. The summed E-state index contributed by atoms with van der Waals surface area (Å²) in [6.07, 6.45) is 3.59. The van der Waals surface area contributed by atoms with E-state index in [1.54, 1.807) is 18.3 Å². The van der Waals surface area contributed by atoms with Crippen molar-refractivity contribution in [2.24, 2.45) is 7.05 Å². The smallest absolute Gasteiger partial charge is 0.221 e. The minimum Gasteiger partial charge on any atom is -0.375 e. The van der Waals surface area contributed by atoms with E-state index in [9.17, 15) is 9.18 Å². The van der Waals surface area contributed by atoms with Gasteiger partial charge in [0.25, 0.3) is 0 Å². The van der Waals surface area contributed by atoms with Crippen LogP contribution in [0, 0.1) is 5.82 Å². The van der Waals surface area contributed by atoms with E-state index in [1.807, 2.05) is 24.7 Å². The summed E-state index contributed by atoms with van der Waals surface area (Å²) >= 11 is 0. The van der Waals surface area contributed by atoms with Crippen molar-refractivity contribution < 1.29 is 9.18 Å². The summed E-state index contributed by atoms with van der Waals surface area (Å²) in [6, 6.07) is 4.47. The van der Waals surface area contributed by atoms with E-state index in [0.717, 1.165) is 5.82 Å². The van der Waals surface area contributed by atoms with E-state index in [4.69, 9.17) is 0 Å². The molecule has 0 aliphatic carbocycles. The number of amides is 1. The van der Waals surface area contributed by atoms with Gasteiger partial charge in [-0.2, -0.15) is 0 Å². The lowest BCUT2D eigenvalue weighted by atomic mass is 10.2. The predicted molar refractivity (Wildman–Crippen MR) is 75.9 cm³/mol. The summed E-state index contributed by atoms with van der Waals surface area (Å²) < 4.78 is 15.5. The maximum Gasteiger partial charge on any atom is 0.221 e. The van der Waals surface area contributed by atoms with Gasteiger partial charge in [0.15, 0.2) is 0 Å². The van der Waals surface area contributed by atoms with Crippen molar-refractivity contribution in [3.05, 3.63) is 42.2 Å². The molecule has 0 radical (unpaired) electrons. The molecule has 1 aromatic heterocycles. The van der Waals surface area contributed by atoms with Crippen LogP contribution in [0.25, 0.3) is 0 Å². The van der Waals surface area contributed by atoms with E-state index in [1.165, 1.54) is 13.0 Å². The molecule has 0 aliphatic heterocycles. The van der Waals surface area contributed by atoms with E-state index in [0.29, 0.717) is 5.69 Å². The van der Waals surface area contributed by atoms with Crippen LogP contribution >= 0.6 is 0 Å². The van der Waals surface area contributed by atoms with Crippen molar-refractivity contribution in [3.63, 3.8) is 0 Å². The summed E-state index contributed by atoms with van der Waals surface area (Å²) in [5.74, 6) is 0.101. The molecule has 20 heavy (non-hydrogen) atoms. The van der Waals surface area contributed by atoms with Gasteiger partial charge >= 0.3 is 0 Å². The van der Waals surface area contributed by atoms with Gasteiger partial charge in [0, 0.05) is 32.1 Å². The fraction of sp³-hybridized carbons (Fsp3) is 0.286. The number of carbonyl (C=O) groups excluding carboxylic acids is 1. The molecule has 0 fully saturated rings. The monoisotopic (exact) mass is 276 g/mol. The molecule has 1 unspecified atom stereocenters. The van der Waals surface area contributed by atoms with Crippen molar-refractivity contribution in [2.75, 3.05) is 10.6 Å². The largest absolute Gasteiger partial charge is 0.375 e. The molecule has 0 bridgehead atoms. The molecule has 0 aliphatic rings. The number of imidazole rings is 1. The number of halogens is 1. The van der Waals surface area contributed by atoms with Crippen molar-refractivity contribution in [1.29, 1.82) is 0 Å². The minimum atomic E-state index is -0.463. The van der Waals surface area contributed by atoms with Crippen LogP contribution in [-0.2, 0) is 11.8 Å². The van der Waals surface area contributed by atoms with Crippen molar-refractivity contribution in [1.82, 2.24) is 9.55 Å². The number of benzene rings is 1. The van der Waals surface area contributed by atoms with Crippen molar-refractivity contribution in [2.45, 2.75) is 19.9 Å². The Bertz CT molecular complexity index is 623. The highest BCUT2D eigenvalue weighted by atomic mass is 19.1. The molecule has 2 N–H and O–H groups in total. The summed E-state index contributed by atoms with van der Waals surface area (Å²) in [4.78, 5) is 15.3. The lowest BCUT2D eigenvalue weighted by molar-refractivity contribution is -0.114. The van der Waals surface area contributed by atoms with Gasteiger partial charge in [-0.3, -0.25) is 4.79 Å². The third-order valence-electron chi connectivity index (χ3n) is 2.91. The Morgan fingerprint density at radius 3 is 2.80 bits per heavy atom. The number of rotatable bonds is 4. The molecule has 5 nitrogen and oxygen atoms in total. The number of carbonyl (C=O) groups is 1. The van der Waals surface area contributed by atoms with Gasteiger partial charge in [0.05, 0.1) is 11.7 Å². The summed E-state index contributed by atoms with van der Waals surface area (Å²) in [5.41, 5.74) is 0.875. The first-order chi connectivity index (χ1) is 9.47. The van der Waals surface area contributed by atoms with Crippen LogP contribution in [0.2, 0.25) is 0 Å². The van der Waals surface area contributed by atoms with Crippen LogP contribution in [0.4, 0.5) is 15.8 Å². The standard InChI is InChI=1S/C14H17FN4O/c1-9(14-16-6-7-19(14)3)17-11-4-5-12(15)13(8-11)18-10(2)20/h4-9,17H,1-3H3,(H,18,20). The molecular formula is C14H17FN4O. The third-order valence-corrected chi connectivity index (χ3v) is 2.91. The SMILES string of the molecule is CC(=O)Nc1cc(NC(C)c2nccn2C)ccc1F. The highest BCUT2D eigenvalue weighted by molar-refractivity contribution is 5.89. The van der Waals surface area contributed by atoms with Gasteiger partial charge in [-0.05, 0) is 25.1 Å². The van der Waals surface area contributed by atoms with Crippen LogP contribution in [0.1, 0.15) is 25.7 Å². The third kappa shape index (κ3) is 3.14. The second-order valence-corrected chi connectivity index (χ2v) is 4.64. The molecule has 1 heterocycles. The lowest BCUT2D eigenvalue weighted by Crippen LogP contribution is -2.13. The van der Waals surface area contributed by atoms with Gasteiger partial charge in [-0.15, -0.1) is 0 Å². The number of aryl methyl sites for hydroxylation is 1. The van der Waals surface area contributed by atoms with Gasteiger partial charge in [0.1, 0.15) is 11.6 Å². The van der Waals surface area contributed by atoms with Crippen molar-refractivity contribution in [3.8, 4) is 0 Å². The van der Waals surface area contributed by atoms with Gasteiger partial charge in [-0.25, -0.2) is 9.37 Å². The number of nitrogens with zero attached hydrogens (tertiary/aromatic N) is 2. The number of aromatic nitrogens is 2. The highest BCUT2D eigenvalue weighted by Gasteiger charge is 2.11. The predicted octanol–water partition coefficient (Wildman–Crippen LogP) is 2.69. The molecule has 0 spiro atoms. The zero-order valence-electron chi connectivity index (χ0n) is 11.6. The zero-order chi connectivity index (χ0) is 14.7. The highest BCUT2D eigenvalue weighted by Crippen LogP contribution is 2.23. The van der Waals surface area contributed by atoms with Crippen LogP contribution < -0.4 is 10.6 Å². The molecule has 0 saturated carbocycles. The zero-order valence-corrected chi connectivity index (χ0v) is 11.6. The van der Waals surface area contributed by atoms with Gasteiger partial charge in [0.2, 0.25) is 5.91 Å². The molecule has 0 saturated heterocycles. The van der Waals surface area contributed by atoms with Gasteiger partial charge < -0.3 is 15.2 Å². The quantitative estimate of drug-likeness (QED) is 0.902. The molecule has 2 rings (SSSR count). The second kappa shape index (κ2) is 5.73. The number of hydrogen-bond acceptors (Lipinski definition) is 3. The first-order valence-corrected chi connectivity index (χ1v) is 6.28. The lowest BCUT2D eigenvalue weighted by Gasteiger charge is -2.16. The molecular weight excluding hydrogens is 259 g/mol. The fourth-order valence-electron chi connectivity index (χ4n) is 2.01. The first kappa shape index (κ1) is 14.0. The molecule has 1 atom stereocenters. The van der Waals surface area contributed by atoms with Crippen LogP contribution in [0.15, 0.2) is 30.6 Å². The first-order valence-electron chi connectivity index (χ1n) is 6.28. The number of nitrogens with one attached hydrogen (secondary N) is 2. The average Bonchev–Trinajstić information content (AvgIpc) is 2.79. The maximum absolute atomic E-state index is 13.5. The summed E-state index contributed by atoms with van der Waals surface area (Å²) in [5, 5.41) is 5.68. The van der Waals surface area contributed by atoms with Crippen molar-refractivity contribution >= 4 is 17.3 Å². The molecule has 6 heteroatoms. The van der Waals surface area contributed by atoms with E-state index in [2.05, 4.69) is 15.6 Å². The normalized spacial score (nSPS) is 12.0. The van der Waals surface area contributed by atoms with E-state index in [-0.39, 0.29) is 17.6 Å². The average molecular weight is 276 g/mol. The molecule has 2 aromatic rings. The fourth-order valence-corrected chi connectivity index (χ4v) is 2.01. The Balaban J connectivity index is 2.17. The maximum atomic E-state index is 13.5. The van der Waals surface area contributed by atoms with E-state index >= 15 is 0 Å². The molecule has 106 valence electrons. The minimum absolute atomic E-state index is 0.0364. The Kier molecular flexibility index (Phi) is 4.02. The summed E-state index contributed by atoms with van der Waals surface area (Å²) in [6.45, 7) is 3.31. The van der Waals surface area contributed by atoms with Crippen LogP contribution in [-0.4, -0.2) is 15.5 Å². The second-order valence-electron chi connectivity index (χ2n) is 4.64. The number of hydrogen-bond donors (Lipinski definition) is 2. The number of anilines is 2. The van der Waals surface area contributed by atoms with E-state index < -0.39 is 5.82 Å². The summed E-state index contributed by atoms with van der Waals surface area (Å²) in [7, 11) is 1.91. The Labute approximate surface area is 116 Å².